The third-order valence-corrected chi connectivity index (χ3v) is 3.27. The van der Waals surface area contributed by atoms with E-state index in [9.17, 15) is 17.6 Å². The highest BCUT2D eigenvalue weighted by Gasteiger charge is 2.23. The summed E-state index contributed by atoms with van der Waals surface area (Å²) in [6, 6.07) is 1.79. The Labute approximate surface area is 94.6 Å². The van der Waals surface area contributed by atoms with Crippen LogP contribution in [-0.4, -0.2) is 20.9 Å². The minimum atomic E-state index is -4.18. The number of carbonyl (C=O) groups is 1. The first-order valence-electron chi connectivity index (χ1n) is 4.09. The molecule has 16 heavy (non-hydrogen) atoms. The Bertz CT molecular complexity index is 572. The monoisotopic (exact) mass is 265 g/mol. The molecule has 5 nitrogen and oxygen atoms in total. The molecule has 0 saturated carbocycles. The van der Waals surface area contributed by atoms with Crippen LogP contribution in [0.2, 0.25) is 0 Å². The molecule has 1 aromatic rings. The van der Waals surface area contributed by atoms with Crippen LogP contribution in [0, 0.1) is 5.82 Å². The summed E-state index contributed by atoms with van der Waals surface area (Å²) < 4.78 is 40.2. The summed E-state index contributed by atoms with van der Waals surface area (Å²) in [5.41, 5.74) is 0.0813. The molecule has 0 aliphatic carbocycles. The first kappa shape index (κ1) is 11.2. The molecule has 1 N–H and O–H groups in total. The van der Waals surface area contributed by atoms with Gasteiger partial charge in [-0.1, -0.05) is 0 Å². The summed E-state index contributed by atoms with van der Waals surface area (Å²) in [6.07, 6.45) is 0. The fraction of sp³-hybridized carbons (Fsp3) is 0.125. The molecule has 1 aliphatic heterocycles. The molecule has 0 bridgehead atoms. The van der Waals surface area contributed by atoms with Crippen molar-refractivity contribution in [2.75, 3.05) is 11.9 Å². The molecule has 0 unspecified atom stereocenters. The van der Waals surface area contributed by atoms with Gasteiger partial charge >= 0.3 is 0 Å². The highest BCUT2D eigenvalue weighted by atomic mass is 35.7. The van der Waals surface area contributed by atoms with Crippen molar-refractivity contribution in [2.45, 2.75) is 4.90 Å². The van der Waals surface area contributed by atoms with Crippen LogP contribution in [0.1, 0.15) is 0 Å². The largest absolute Gasteiger partial charge is 0.482 e. The lowest BCUT2D eigenvalue weighted by Crippen LogP contribution is -2.25. The maximum absolute atomic E-state index is 13.3. The van der Waals surface area contributed by atoms with E-state index in [-0.39, 0.29) is 18.0 Å². The van der Waals surface area contributed by atoms with Gasteiger partial charge in [0.1, 0.15) is 16.5 Å². The summed E-state index contributed by atoms with van der Waals surface area (Å²) in [5.74, 6) is -1.41. The van der Waals surface area contributed by atoms with Crippen LogP contribution in [0.5, 0.6) is 5.75 Å². The standard InChI is InChI=1S/C8H5ClFNO4S/c9-16(13,14)7-2-6-5(1-4(7)10)11-8(12)3-15-6/h1-2H,3H2,(H,11,12). The molecule has 0 saturated heterocycles. The number of anilines is 1. The van der Waals surface area contributed by atoms with Crippen LogP contribution < -0.4 is 10.1 Å². The fourth-order valence-corrected chi connectivity index (χ4v) is 2.16. The lowest BCUT2D eigenvalue weighted by Gasteiger charge is -2.18. The van der Waals surface area contributed by atoms with Gasteiger partial charge in [-0.2, -0.15) is 0 Å². The number of benzene rings is 1. The molecule has 0 aromatic heterocycles. The van der Waals surface area contributed by atoms with Crippen molar-refractivity contribution in [3.8, 4) is 5.75 Å². The van der Waals surface area contributed by atoms with E-state index in [1.54, 1.807) is 0 Å². The molecule has 2 rings (SSSR count). The van der Waals surface area contributed by atoms with Gasteiger partial charge in [0.05, 0.1) is 5.69 Å². The van der Waals surface area contributed by atoms with Crippen molar-refractivity contribution in [3.05, 3.63) is 17.9 Å². The Kier molecular flexibility index (Phi) is 2.51. The van der Waals surface area contributed by atoms with Crippen LogP contribution in [0.25, 0.3) is 0 Å². The molecule has 86 valence electrons. The molecule has 0 spiro atoms. The predicted octanol–water partition coefficient (Wildman–Crippen LogP) is 1.08. The predicted molar refractivity (Wildman–Crippen MR) is 53.6 cm³/mol. The van der Waals surface area contributed by atoms with E-state index in [1.807, 2.05) is 0 Å². The Morgan fingerprint density at radius 3 is 2.75 bits per heavy atom. The van der Waals surface area contributed by atoms with Crippen molar-refractivity contribution in [3.63, 3.8) is 0 Å². The Morgan fingerprint density at radius 1 is 1.44 bits per heavy atom. The van der Waals surface area contributed by atoms with E-state index >= 15 is 0 Å². The number of hydrogen-bond acceptors (Lipinski definition) is 4. The van der Waals surface area contributed by atoms with E-state index in [1.165, 1.54) is 0 Å². The second kappa shape index (κ2) is 3.60. The molecule has 0 radical (unpaired) electrons. The van der Waals surface area contributed by atoms with E-state index in [0.717, 1.165) is 12.1 Å². The number of ether oxygens (including phenoxy) is 1. The van der Waals surface area contributed by atoms with Gasteiger partial charge in [0, 0.05) is 22.8 Å². The molecule has 0 fully saturated rings. The molecular weight excluding hydrogens is 261 g/mol. The highest BCUT2D eigenvalue weighted by Crippen LogP contribution is 2.33. The number of hydrogen-bond donors (Lipinski definition) is 1. The van der Waals surface area contributed by atoms with E-state index in [4.69, 9.17) is 15.4 Å². The third-order valence-electron chi connectivity index (χ3n) is 1.93. The summed E-state index contributed by atoms with van der Waals surface area (Å²) >= 11 is 0. The zero-order valence-corrected chi connectivity index (χ0v) is 9.23. The van der Waals surface area contributed by atoms with Crippen molar-refractivity contribution in [2.24, 2.45) is 0 Å². The number of rotatable bonds is 1. The maximum Gasteiger partial charge on any atom is 0.264 e. The van der Waals surface area contributed by atoms with Gasteiger partial charge in [-0.25, -0.2) is 12.8 Å². The van der Waals surface area contributed by atoms with Gasteiger partial charge in [-0.05, 0) is 0 Å². The fourth-order valence-electron chi connectivity index (χ4n) is 1.27. The quantitative estimate of drug-likeness (QED) is 0.772. The second-order valence-electron chi connectivity index (χ2n) is 3.05. The summed E-state index contributed by atoms with van der Waals surface area (Å²) in [5, 5.41) is 2.34. The number of carbonyl (C=O) groups excluding carboxylic acids is 1. The van der Waals surface area contributed by atoms with Crippen molar-refractivity contribution in [1.29, 1.82) is 0 Å². The van der Waals surface area contributed by atoms with Crippen molar-refractivity contribution in [1.82, 2.24) is 0 Å². The average molecular weight is 266 g/mol. The lowest BCUT2D eigenvalue weighted by atomic mass is 10.2. The maximum atomic E-state index is 13.3. The number of halogens is 2. The smallest absolute Gasteiger partial charge is 0.264 e. The first-order chi connectivity index (χ1) is 7.38. The van der Waals surface area contributed by atoms with Gasteiger partial charge in [0.25, 0.3) is 15.0 Å². The molecule has 8 heteroatoms. The SMILES string of the molecule is O=C1COc2cc(S(=O)(=O)Cl)c(F)cc2N1. The highest BCUT2D eigenvalue weighted by molar-refractivity contribution is 8.13. The minimum Gasteiger partial charge on any atom is -0.482 e. The number of amides is 1. The summed E-state index contributed by atoms with van der Waals surface area (Å²) in [6.45, 7) is -0.250. The molecule has 1 heterocycles. The minimum absolute atomic E-state index is 0.0697. The molecule has 1 aliphatic rings. The second-order valence-corrected chi connectivity index (χ2v) is 5.59. The van der Waals surface area contributed by atoms with Gasteiger partial charge in [0.15, 0.2) is 6.61 Å². The van der Waals surface area contributed by atoms with E-state index in [2.05, 4.69) is 5.32 Å². The summed E-state index contributed by atoms with van der Waals surface area (Å²) in [4.78, 5) is 10.2. The van der Waals surface area contributed by atoms with Crippen LogP contribution in [0.4, 0.5) is 10.1 Å². The van der Waals surface area contributed by atoms with Crippen molar-refractivity contribution >= 4 is 31.3 Å². The Morgan fingerprint density at radius 2 is 2.12 bits per heavy atom. The molecule has 0 atom stereocenters. The van der Waals surface area contributed by atoms with Crippen LogP contribution in [-0.2, 0) is 13.8 Å². The number of nitrogens with one attached hydrogen (secondary N) is 1. The topological polar surface area (TPSA) is 72.5 Å². The lowest BCUT2D eigenvalue weighted by molar-refractivity contribution is -0.118. The van der Waals surface area contributed by atoms with Crippen LogP contribution in [0.15, 0.2) is 17.0 Å². The zero-order valence-electron chi connectivity index (χ0n) is 7.66. The van der Waals surface area contributed by atoms with Crippen LogP contribution >= 0.6 is 10.7 Å². The van der Waals surface area contributed by atoms with Crippen molar-refractivity contribution < 1.29 is 22.3 Å². The zero-order chi connectivity index (χ0) is 11.9. The van der Waals surface area contributed by atoms with Gasteiger partial charge in [-0.15, -0.1) is 0 Å². The Balaban J connectivity index is 2.59. The van der Waals surface area contributed by atoms with Crippen LogP contribution in [0.3, 0.4) is 0 Å². The Hall–Kier alpha value is -1.34. The molecule has 1 aromatic carbocycles. The van der Waals surface area contributed by atoms with Gasteiger partial charge < -0.3 is 10.1 Å². The normalized spacial score (nSPS) is 15.0. The van der Waals surface area contributed by atoms with Gasteiger partial charge in [-0.3, -0.25) is 4.79 Å². The number of fused-ring (bicyclic) bond motifs is 1. The van der Waals surface area contributed by atoms with Gasteiger partial charge in [0.2, 0.25) is 0 Å². The average Bonchev–Trinajstić information content (AvgIpc) is 2.14. The molecular formula is C8H5ClFNO4S. The molecule has 1 amide bonds. The van der Waals surface area contributed by atoms with E-state index in [0.29, 0.717) is 0 Å². The van der Waals surface area contributed by atoms with E-state index < -0.39 is 25.7 Å². The third kappa shape index (κ3) is 1.96. The first-order valence-corrected chi connectivity index (χ1v) is 6.40. The summed E-state index contributed by atoms with van der Waals surface area (Å²) in [7, 11) is 0.848.